The number of nitrogens with zero attached hydrogens (tertiary/aromatic N) is 1. The minimum absolute atomic E-state index is 0.0377. The van der Waals surface area contributed by atoms with Crippen molar-refractivity contribution in [3.05, 3.63) is 29.8 Å². The second kappa shape index (κ2) is 5.61. The summed E-state index contributed by atoms with van der Waals surface area (Å²) in [5, 5.41) is 0. The molecule has 1 aliphatic rings. The zero-order valence-corrected chi connectivity index (χ0v) is 11.7. The van der Waals surface area contributed by atoms with E-state index in [1.165, 1.54) is 0 Å². The Bertz CT molecular complexity index is 441. The number of nitrogens with two attached hydrogens (primary N) is 2. The Kier molecular flexibility index (Phi) is 4.10. The van der Waals surface area contributed by atoms with Crippen molar-refractivity contribution >= 4 is 11.6 Å². The number of hydrogen-bond donors (Lipinski definition) is 2. The number of anilines is 1. The van der Waals surface area contributed by atoms with Crippen LogP contribution < -0.4 is 16.4 Å². The van der Waals surface area contributed by atoms with Crippen LogP contribution in [0.25, 0.3) is 0 Å². The van der Waals surface area contributed by atoms with Crippen LogP contribution in [0, 0.1) is 5.92 Å². The molecule has 1 aromatic carbocycles. The first-order valence-corrected chi connectivity index (χ1v) is 6.90. The van der Waals surface area contributed by atoms with Crippen molar-refractivity contribution in [1.29, 1.82) is 0 Å². The molecule has 3 atom stereocenters. The van der Waals surface area contributed by atoms with E-state index in [2.05, 4.69) is 36.1 Å². The van der Waals surface area contributed by atoms with Crippen molar-refractivity contribution in [3.8, 4) is 0 Å². The largest absolute Gasteiger partial charge is 0.369 e. The summed E-state index contributed by atoms with van der Waals surface area (Å²) in [6.07, 6.45) is 1.90. The van der Waals surface area contributed by atoms with E-state index < -0.39 is 0 Å². The highest BCUT2D eigenvalue weighted by Crippen LogP contribution is 2.28. The molecule has 2 rings (SSSR count). The van der Waals surface area contributed by atoms with Crippen LogP contribution in [-0.2, 0) is 4.79 Å². The van der Waals surface area contributed by atoms with E-state index in [0.29, 0.717) is 12.6 Å². The van der Waals surface area contributed by atoms with Gasteiger partial charge in [0.2, 0.25) is 5.91 Å². The smallest absolute Gasteiger partial charge is 0.222 e. The number of carbonyl (C=O) groups is 1. The fraction of sp³-hybridized carbons (Fsp3) is 0.533. The minimum atomic E-state index is -0.191. The normalized spacial score (nSPS) is 25.1. The first kappa shape index (κ1) is 13.9. The molecule has 4 nitrogen and oxygen atoms in total. The molecule has 0 radical (unpaired) electrons. The van der Waals surface area contributed by atoms with Crippen molar-refractivity contribution in [2.45, 2.75) is 38.8 Å². The molecule has 2 unspecified atom stereocenters. The molecule has 0 spiro atoms. The van der Waals surface area contributed by atoms with E-state index in [1.807, 2.05) is 6.92 Å². The van der Waals surface area contributed by atoms with Gasteiger partial charge in [-0.25, -0.2) is 0 Å². The van der Waals surface area contributed by atoms with Gasteiger partial charge in [0.05, 0.1) is 5.92 Å². The Labute approximate surface area is 114 Å². The van der Waals surface area contributed by atoms with E-state index in [1.54, 1.807) is 0 Å². The standard InChI is InChI=1S/C15H23N3O/c1-10-3-4-13(15(17)19)9-18(10)14-7-5-12(6-8-14)11(2)16/h5-8,10-11,13H,3-4,9,16H2,1-2H3,(H2,17,19)/t10?,11-,13?/m0/s1. The van der Waals surface area contributed by atoms with Gasteiger partial charge >= 0.3 is 0 Å². The predicted octanol–water partition coefficient (Wildman–Crippen LogP) is 1.80. The summed E-state index contributed by atoms with van der Waals surface area (Å²) in [5.74, 6) is -0.228. The van der Waals surface area contributed by atoms with Gasteiger partial charge in [0.1, 0.15) is 0 Å². The zero-order valence-electron chi connectivity index (χ0n) is 11.7. The predicted molar refractivity (Wildman–Crippen MR) is 77.8 cm³/mol. The lowest BCUT2D eigenvalue weighted by atomic mass is 9.92. The van der Waals surface area contributed by atoms with Gasteiger partial charge in [0.25, 0.3) is 0 Å². The number of carbonyl (C=O) groups excluding carboxylic acids is 1. The fourth-order valence-corrected chi connectivity index (χ4v) is 2.67. The highest BCUT2D eigenvalue weighted by Gasteiger charge is 2.28. The molecule has 104 valence electrons. The molecule has 0 bridgehead atoms. The van der Waals surface area contributed by atoms with Crippen molar-refractivity contribution in [2.75, 3.05) is 11.4 Å². The molecule has 1 saturated heterocycles. The first-order chi connectivity index (χ1) is 8.99. The number of rotatable bonds is 3. The number of benzene rings is 1. The van der Waals surface area contributed by atoms with Crippen LogP contribution in [0.5, 0.6) is 0 Å². The quantitative estimate of drug-likeness (QED) is 0.871. The maximum atomic E-state index is 11.4. The van der Waals surface area contributed by atoms with Gasteiger partial charge in [0.15, 0.2) is 0 Å². The number of hydrogen-bond acceptors (Lipinski definition) is 3. The van der Waals surface area contributed by atoms with Gasteiger partial charge in [-0.2, -0.15) is 0 Å². The van der Waals surface area contributed by atoms with Crippen LogP contribution in [0.2, 0.25) is 0 Å². The monoisotopic (exact) mass is 261 g/mol. The SMILES string of the molecule is CC1CCC(C(N)=O)CN1c1ccc([C@H](C)N)cc1. The summed E-state index contributed by atoms with van der Waals surface area (Å²) in [7, 11) is 0. The molecule has 1 aliphatic heterocycles. The maximum Gasteiger partial charge on any atom is 0.222 e. The fourth-order valence-electron chi connectivity index (χ4n) is 2.67. The second-order valence-corrected chi connectivity index (χ2v) is 5.56. The Morgan fingerprint density at radius 2 is 1.95 bits per heavy atom. The summed E-state index contributed by atoms with van der Waals surface area (Å²) in [6, 6.07) is 8.76. The molecule has 4 heteroatoms. The van der Waals surface area contributed by atoms with Gasteiger partial charge in [-0.15, -0.1) is 0 Å². The molecule has 0 saturated carbocycles. The molecule has 1 amide bonds. The molecular formula is C15H23N3O. The third-order valence-electron chi connectivity index (χ3n) is 4.03. The molecule has 1 fully saturated rings. The van der Waals surface area contributed by atoms with E-state index in [0.717, 1.165) is 24.1 Å². The number of piperidine rings is 1. The van der Waals surface area contributed by atoms with E-state index in [9.17, 15) is 4.79 Å². The lowest BCUT2D eigenvalue weighted by Gasteiger charge is -2.38. The molecule has 19 heavy (non-hydrogen) atoms. The van der Waals surface area contributed by atoms with Gasteiger partial charge in [-0.3, -0.25) is 4.79 Å². The van der Waals surface area contributed by atoms with Crippen LogP contribution in [0.15, 0.2) is 24.3 Å². The summed E-state index contributed by atoms with van der Waals surface area (Å²) in [5.41, 5.74) is 13.6. The number of amides is 1. The highest BCUT2D eigenvalue weighted by molar-refractivity contribution is 5.77. The van der Waals surface area contributed by atoms with Gasteiger partial charge in [-0.1, -0.05) is 12.1 Å². The van der Waals surface area contributed by atoms with E-state index in [4.69, 9.17) is 11.5 Å². The second-order valence-electron chi connectivity index (χ2n) is 5.56. The minimum Gasteiger partial charge on any atom is -0.369 e. The van der Waals surface area contributed by atoms with Crippen LogP contribution in [0.4, 0.5) is 5.69 Å². The molecule has 0 aliphatic carbocycles. The summed E-state index contributed by atoms with van der Waals surface area (Å²) < 4.78 is 0. The van der Waals surface area contributed by atoms with Crippen molar-refractivity contribution in [2.24, 2.45) is 17.4 Å². The van der Waals surface area contributed by atoms with Crippen LogP contribution in [-0.4, -0.2) is 18.5 Å². The van der Waals surface area contributed by atoms with Crippen molar-refractivity contribution in [3.63, 3.8) is 0 Å². The van der Waals surface area contributed by atoms with Crippen molar-refractivity contribution < 1.29 is 4.79 Å². The van der Waals surface area contributed by atoms with E-state index in [-0.39, 0.29) is 17.9 Å². The molecular weight excluding hydrogens is 238 g/mol. The average molecular weight is 261 g/mol. The van der Waals surface area contributed by atoms with Crippen LogP contribution in [0.3, 0.4) is 0 Å². The molecule has 1 heterocycles. The van der Waals surface area contributed by atoms with Crippen molar-refractivity contribution in [1.82, 2.24) is 0 Å². The Morgan fingerprint density at radius 1 is 1.32 bits per heavy atom. The lowest BCUT2D eigenvalue weighted by Crippen LogP contribution is -2.45. The summed E-state index contributed by atoms with van der Waals surface area (Å²) >= 11 is 0. The van der Waals surface area contributed by atoms with E-state index >= 15 is 0 Å². The van der Waals surface area contributed by atoms with Crippen LogP contribution >= 0.6 is 0 Å². The topological polar surface area (TPSA) is 72.4 Å². The Balaban J connectivity index is 2.16. The molecule has 4 N–H and O–H groups in total. The maximum absolute atomic E-state index is 11.4. The average Bonchev–Trinajstić information content (AvgIpc) is 2.39. The third kappa shape index (κ3) is 3.07. The zero-order chi connectivity index (χ0) is 14.0. The highest BCUT2D eigenvalue weighted by atomic mass is 16.1. The van der Waals surface area contributed by atoms with Gasteiger partial charge in [-0.05, 0) is 44.4 Å². The van der Waals surface area contributed by atoms with Gasteiger partial charge < -0.3 is 16.4 Å². The number of primary amides is 1. The molecule has 1 aromatic rings. The summed E-state index contributed by atoms with van der Waals surface area (Å²) in [6.45, 7) is 4.88. The third-order valence-corrected chi connectivity index (χ3v) is 4.03. The lowest BCUT2D eigenvalue weighted by molar-refractivity contribution is -0.122. The molecule has 0 aromatic heterocycles. The Hall–Kier alpha value is -1.55. The summed E-state index contributed by atoms with van der Waals surface area (Å²) in [4.78, 5) is 13.6. The first-order valence-electron chi connectivity index (χ1n) is 6.90. The van der Waals surface area contributed by atoms with Crippen LogP contribution in [0.1, 0.15) is 38.3 Å². The van der Waals surface area contributed by atoms with Gasteiger partial charge in [0, 0.05) is 24.3 Å². The Morgan fingerprint density at radius 3 is 2.47 bits per heavy atom.